The summed E-state index contributed by atoms with van der Waals surface area (Å²) < 4.78 is 9.65. The number of amides is 1. The van der Waals surface area contributed by atoms with Crippen molar-refractivity contribution >= 4 is 28.4 Å². The standard InChI is InChI=1S/C12H7N3O6/c16-11(9-2-1-3-20-9)13-6-4-7-10(21-12(17)14-7)5-8(6)15(18)19/h1-5H,(H,13,16)(H,14,17). The van der Waals surface area contributed by atoms with Crippen LogP contribution in [-0.4, -0.2) is 15.8 Å². The highest BCUT2D eigenvalue weighted by molar-refractivity contribution is 6.04. The van der Waals surface area contributed by atoms with Crippen LogP contribution in [-0.2, 0) is 0 Å². The molecule has 0 atom stereocenters. The highest BCUT2D eigenvalue weighted by Crippen LogP contribution is 2.29. The molecule has 3 aromatic rings. The largest absolute Gasteiger partial charge is 0.459 e. The van der Waals surface area contributed by atoms with Gasteiger partial charge >= 0.3 is 5.76 Å². The smallest absolute Gasteiger partial charge is 0.417 e. The predicted molar refractivity (Wildman–Crippen MR) is 70.2 cm³/mol. The van der Waals surface area contributed by atoms with Gasteiger partial charge in [0.05, 0.1) is 22.8 Å². The lowest BCUT2D eigenvalue weighted by Crippen LogP contribution is -2.12. The van der Waals surface area contributed by atoms with E-state index in [2.05, 4.69) is 10.3 Å². The van der Waals surface area contributed by atoms with Gasteiger partial charge < -0.3 is 14.2 Å². The summed E-state index contributed by atoms with van der Waals surface area (Å²) in [7, 11) is 0. The molecule has 1 amide bonds. The van der Waals surface area contributed by atoms with Crippen molar-refractivity contribution in [3.63, 3.8) is 0 Å². The van der Waals surface area contributed by atoms with Crippen LogP contribution in [0.25, 0.3) is 11.1 Å². The number of nitro benzene ring substituents is 1. The van der Waals surface area contributed by atoms with Crippen LogP contribution in [0, 0.1) is 10.1 Å². The fourth-order valence-electron chi connectivity index (χ4n) is 1.83. The second kappa shape index (κ2) is 4.63. The first-order valence-corrected chi connectivity index (χ1v) is 5.71. The number of nitro groups is 1. The molecule has 0 bridgehead atoms. The van der Waals surface area contributed by atoms with Crippen LogP contribution in [0.3, 0.4) is 0 Å². The number of oxazole rings is 1. The number of fused-ring (bicyclic) bond motifs is 1. The third-order valence-corrected chi connectivity index (χ3v) is 2.73. The number of hydrogen-bond donors (Lipinski definition) is 2. The fraction of sp³-hybridized carbons (Fsp3) is 0. The second-order valence-corrected chi connectivity index (χ2v) is 4.07. The third-order valence-electron chi connectivity index (χ3n) is 2.73. The molecule has 0 radical (unpaired) electrons. The first-order valence-electron chi connectivity index (χ1n) is 5.71. The molecular weight excluding hydrogens is 282 g/mol. The van der Waals surface area contributed by atoms with E-state index in [-0.39, 0.29) is 22.5 Å². The van der Waals surface area contributed by atoms with Crippen molar-refractivity contribution in [3.05, 3.63) is 57.0 Å². The summed E-state index contributed by atoms with van der Waals surface area (Å²) in [5.74, 6) is -1.38. The Labute approximate surface area is 115 Å². The molecule has 106 valence electrons. The SMILES string of the molecule is O=C(Nc1cc2[nH]c(=O)oc2cc1[N+](=O)[O-])c1ccco1. The summed E-state index contributed by atoms with van der Waals surface area (Å²) in [6, 6.07) is 5.24. The molecule has 3 rings (SSSR count). The van der Waals surface area contributed by atoms with E-state index in [1.807, 2.05) is 0 Å². The Morgan fingerprint density at radius 1 is 1.38 bits per heavy atom. The number of benzene rings is 1. The van der Waals surface area contributed by atoms with Gasteiger partial charge in [-0.15, -0.1) is 0 Å². The zero-order valence-electron chi connectivity index (χ0n) is 10.3. The van der Waals surface area contributed by atoms with E-state index in [4.69, 9.17) is 8.83 Å². The minimum Gasteiger partial charge on any atom is -0.459 e. The molecule has 0 spiro atoms. The summed E-state index contributed by atoms with van der Waals surface area (Å²) >= 11 is 0. The van der Waals surface area contributed by atoms with Crippen molar-refractivity contribution in [2.75, 3.05) is 5.32 Å². The minimum atomic E-state index is -0.742. The number of aromatic amines is 1. The van der Waals surface area contributed by atoms with Crippen LogP contribution >= 0.6 is 0 Å². The van der Waals surface area contributed by atoms with E-state index >= 15 is 0 Å². The highest BCUT2D eigenvalue weighted by atomic mass is 16.6. The average molecular weight is 289 g/mol. The number of H-pyrrole nitrogens is 1. The quantitative estimate of drug-likeness (QED) is 0.558. The number of carbonyl (C=O) groups is 1. The van der Waals surface area contributed by atoms with Gasteiger partial charge in [-0.3, -0.25) is 19.9 Å². The normalized spacial score (nSPS) is 10.7. The van der Waals surface area contributed by atoms with Crippen LogP contribution in [0.2, 0.25) is 0 Å². The van der Waals surface area contributed by atoms with Crippen molar-refractivity contribution < 1.29 is 18.6 Å². The van der Waals surface area contributed by atoms with E-state index in [1.54, 1.807) is 0 Å². The van der Waals surface area contributed by atoms with Gasteiger partial charge in [-0.05, 0) is 18.2 Å². The summed E-state index contributed by atoms with van der Waals surface area (Å²) in [6.45, 7) is 0. The molecule has 0 saturated carbocycles. The summed E-state index contributed by atoms with van der Waals surface area (Å²) in [6.07, 6.45) is 1.31. The zero-order valence-corrected chi connectivity index (χ0v) is 10.3. The van der Waals surface area contributed by atoms with E-state index in [9.17, 15) is 19.7 Å². The number of nitrogens with zero attached hydrogens (tertiary/aromatic N) is 1. The molecule has 0 aliphatic carbocycles. The monoisotopic (exact) mass is 289 g/mol. The number of carbonyl (C=O) groups excluding carboxylic acids is 1. The molecule has 0 saturated heterocycles. The van der Waals surface area contributed by atoms with Gasteiger partial charge in [0.2, 0.25) is 0 Å². The van der Waals surface area contributed by atoms with Crippen LogP contribution < -0.4 is 11.1 Å². The van der Waals surface area contributed by atoms with Crippen molar-refractivity contribution in [1.82, 2.24) is 4.98 Å². The van der Waals surface area contributed by atoms with Crippen molar-refractivity contribution in [2.45, 2.75) is 0 Å². The van der Waals surface area contributed by atoms with E-state index < -0.39 is 22.3 Å². The number of hydrogen-bond acceptors (Lipinski definition) is 6. The maximum Gasteiger partial charge on any atom is 0.417 e. The lowest BCUT2D eigenvalue weighted by Gasteiger charge is -2.04. The fourth-order valence-corrected chi connectivity index (χ4v) is 1.83. The van der Waals surface area contributed by atoms with Gasteiger partial charge in [0, 0.05) is 0 Å². The average Bonchev–Trinajstić information content (AvgIpc) is 3.05. The molecular formula is C12H7N3O6. The van der Waals surface area contributed by atoms with Crippen LogP contribution in [0.15, 0.2) is 44.2 Å². The van der Waals surface area contributed by atoms with Gasteiger partial charge in [0.25, 0.3) is 11.6 Å². The number of nitrogens with one attached hydrogen (secondary N) is 2. The van der Waals surface area contributed by atoms with E-state index in [1.165, 1.54) is 24.5 Å². The maximum atomic E-state index is 11.9. The molecule has 2 N–H and O–H groups in total. The van der Waals surface area contributed by atoms with Crippen molar-refractivity contribution in [1.29, 1.82) is 0 Å². The number of furan rings is 1. The molecule has 9 heteroatoms. The predicted octanol–water partition coefficient (Wildman–Crippen LogP) is 1.87. The van der Waals surface area contributed by atoms with Gasteiger partial charge in [-0.2, -0.15) is 0 Å². The summed E-state index contributed by atoms with van der Waals surface area (Å²) in [5.41, 5.74) is -0.209. The molecule has 2 aromatic heterocycles. The van der Waals surface area contributed by atoms with Gasteiger partial charge in [0.1, 0.15) is 5.69 Å². The topological polar surface area (TPSA) is 131 Å². The number of aromatic nitrogens is 1. The van der Waals surface area contributed by atoms with Gasteiger partial charge in [-0.1, -0.05) is 0 Å². The Kier molecular flexibility index (Phi) is 2.79. The maximum absolute atomic E-state index is 11.9. The molecule has 21 heavy (non-hydrogen) atoms. The van der Waals surface area contributed by atoms with Gasteiger partial charge in [0.15, 0.2) is 11.3 Å². The van der Waals surface area contributed by atoms with Crippen LogP contribution in [0.4, 0.5) is 11.4 Å². The lowest BCUT2D eigenvalue weighted by molar-refractivity contribution is -0.383. The molecule has 0 aliphatic rings. The zero-order chi connectivity index (χ0) is 15.0. The van der Waals surface area contributed by atoms with E-state index in [0.717, 1.165) is 6.07 Å². The third kappa shape index (κ3) is 2.27. The Morgan fingerprint density at radius 3 is 2.86 bits per heavy atom. The first-order chi connectivity index (χ1) is 10.0. The van der Waals surface area contributed by atoms with Crippen LogP contribution in [0.5, 0.6) is 0 Å². The second-order valence-electron chi connectivity index (χ2n) is 4.07. The molecule has 1 aromatic carbocycles. The summed E-state index contributed by atoms with van der Waals surface area (Å²) in [4.78, 5) is 35.7. The Bertz CT molecular complexity index is 889. The molecule has 2 heterocycles. The highest BCUT2D eigenvalue weighted by Gasteiger charge is 2.20. The molecule has 0 unspecified atom stereocenters. The van der Waals surface area contributed by atoms with Crippen LogP contribution in [0.1, 0.15) is 10.6 Å². The van der Waals surface area contributed by atoms with Gasteiger partial charge in [-0.25, -0.2) is 4.79 Å². The minimum absolute atomic E-state index is 0.00471. The molecule has 0 aliphatic heterocycles. The summed E-state index contributed by atoms with van der Waals surface area (Å²) in [5, 5.41) is 13.4. The molecule has 0 fully saturated rings. The number of rotatable bonds is 3. The Morgan fingerprint density at radius 2 is 2.19 bits per heavy atom. The Balaban J connectivity index is 2.07. The first kappa shape index (κ1) is 12.7. The Hall–Kier alpha value is -3.36. The number of anilines is 1. The van der Waals surface area contributed by atoms with Crippen molar-refractivity contribution in [3.8, 4) is 0 Å². The van der Waals surface area contributed by atoms with E-state index in [0.29, 0.717) is 0 Å². The lowest BCUT2D eigenvalue weighted by atomic mass is 10.2. The molecule has 9 nitrogen and oxygen atoms in total. The van der Waals surface area contributed by atoms with Crippen molar-refractivity contribution in [2.24, 2.45) is 0 Å².